The minimum absolute atomic E-state index is 0.0578. The molecule has 4 nitrogen and oxygen atoms in total. The van der Waals surface area contributed by atoms with Crippen molar-refractivity contribution in [3.05, 3.63) is 0 Å². The molecule has 1 N–H and O–H groups in total. The lowest BCUT2D eigenvalue weighted by atomic mass is 10.2. The zero-order valence-corrected chi connectivity index (χ0v) is 10.6. The van der Waals surface area contributed by atoms with Crippen LogP contribution in [0, 0.1) is 0 Å². The summed E-state index contributed by atoms with van der Waals surface area (Å²) in [6, 6.07) is 0. The lowest BCUT2D eigenvalue weighted by Gasteiger charge is -2.12. The van der Waals surface area contributed by atoms with Crippen LogP contribution in [0.3, 0.4) is 0 Å². The molecule has 0 spiro atoms. The highest BCUT2D eigenvalue weighted by atomic mass is 79.9. The van der Waals surface area contributed by atoms with Gasteiger partial charge in [-0.1, -0.05) is 15.9 Å². The number of hydrogen-bond acceptors (Lipinski definition) is 3. The molecule has 1 fully saturated rings. The van der Waals surface area contributed by atoms with Crippen LogP contribution in [0.5, 0.6) is 0 Å². The summed E-state index contributed by atoms with van der Waals surface area (Å²) in [4.78, 5) is 11.6. The van der Waals surface area contributed by atoms with Gasteiger partial charge in [0.1, 0.15) is 0 Å². The van der Waals surface area contributed by atoms with Crippen molar-refractivity contribution in [2.24, 2.45) is 0 Å². The van der Waals surface area contributed by atoms with E-state index in [-0.39, 0.29) is 16.8 Å². The van der Waals surface area contributed by atoms with Crippen LogP contribution in [-0.2, 0) is 14.3 Å². The predicted octanol–water partition coefficient (Wildman–Crippen LogP) is 1.08. The van der Waals surface area contributed by atoms with Crippen LogP contribution in [0.25, 0.3) is 0 Å². The normalized spacial score (nSPS) is 22.7. The van der Waals surface area contributed by atoms with Crippen molar-refractivity contribution in [1.29, 1.82) is 0 Å². The van der Waals surface area contributed by atoms with Gasteiger partial charge in [0.25, 0.3) is 0 Å². The van der Waals surface area contributed by atoms with Crippen molar-refractivity contribution in [2.75, 3.05) is 26.9 Å². The summed E-state index contributed by atoms with van der Waals surface area (Å²) in [7, 11) is 1.64. The molecule has 0 radical (unpaired) electrons. The molecule has 0 bridgehead atoms. The van der Waals surface area contributed by atoms with Gasteiger partial charge in [-0.15, -0.1) is 0 Å². The Morgan fingerprint density at radius 1 is 1.73 bits per heavy atom. The molecule has 1 aliphatic heterocycles. The van der Waals surface area contributed by atoms with Crippen molar-refractivity contribution in [2.45, 2.75) is 30.2 Å². The standard InChI is InChI=1S/C10H18BrNO3/c1-14-7-8(11)6-12-10(13)5-9-3-2-4-15-9/h8-9H,2-7H2,1H3,(H,12,13). The molecular weight excluding hydrogens is 262 g/mol. The molecule has 1 rings (SSSR count). The number of rotatable bonds is 6. The number of halogens is 1. The Morgan fingerprint density at radius 2 is 2.53 bits per heavy atom. The minimum atomic E-state index is 0.0578. The van der Waals surface area contributed by atoms with Crippen molar-refractivity contribution >= 4 is 21.8 Å². The average Bonchev–Trinajstić information content (AvgIpc) is 2.68. The lowest BCUT2D eigenvalue weighted by Crippen LogP contribution is -2.33. The largest absolute Gasteiger partial charge is 0.383 e. The molecule has 15 heavy (non-hydrogen) atoms. The van der Waals surface area contributed by atoms with Crippen LogP contribution in [-0.4, -0.2) is 43.7 Å². The highest BCUT2D eigenvalue weighted by molar-refractivity contribution is 9.09. The third kappa shape index (κ3) is 5.49. The molecule has 1 amide bonds. The summed E-state index contributed by atoms with van der Waals surface area (Å²) in [5.74, 6) is 0.0578. The highest BCUT2D eigenvalue weighted by Gasteiger charge is 2.19. The molecule has 2 unspecified atom stereocenters. The molecule has 88 valence electrons. The summed E-state index contributed by atoms with van der Waals surface area (Å²) in [5.41, 5.74) is 0. The van der Waals surface area contributed by atoms with Gasteiger partial charge in [-0.05, 0) is 12.8 Å². The van der Waals surface area contributed by atoms with E-state index in [9.17, 15) is 4.79 Å². The summed E-state index contributed by atoms with van der Waals surface area (Å²) in [5, 5.41) is 2.85. The molecule has 0 aromatic carbocycles. The fourth-order valence-electron chi connectivity index (χ4n) is 1.55. The lowest BCUT2D eigenvalue weighted by molar-refractivity contribution is -0.123. The highest BCUT2D eigenvalue weighted by Crippen LogP contribution is 2.14. The molecular formula is C10H18BrNO3. The quantitative estimate of drug-likeness (QED) is 0.741. The third-order valence-corrected chi connectivity index (χ3v) is 2.89. The molecule has 1 heterocycles. The van der Waals surface area contributed by atoms with E-state index in [0.29, 0.717) is 19.6 Å². The van der Waals surface area contributed by atoms with Crippen LogP contribution < -0.4 is 5.32 Å². The van der Waals surface area contributed by atoms with Gasteiger partial charge < -0.3 is 14.8 Å². The van der Waals surface area contributed by atoms with E-state index in [4.69, 9.17) is 9.47 Å². The molecule has 0 aromatic rings. The Hall–Kier alpha value is -0.130. The van der Waals surface area contributed by atoms with Gasteiger partial charge in [0.2, 0.25) is 5.91 Å². The second kappa shape index (κ2) is 7.19. The molecule has 2 atom stereocenters. The van der Waals surface area contributed by atoms with E-state index < -0.39 is 0 Å². The van der Waals surface area contributed by atoms with Gasteiger partial charge in [-0.25, -0.2) is 0 Å². The zero-order valence-electron chi connectivity index (χ0n) is 9.00. The van der Waals surface area contributed by atoms with Crippen LogP contribution in [0.15, 0.2) is 0 Å². The Morgan fingerprint density at radius 3 is 3.13 bits per heavy atom. The Labute approximate surface area is 98.8 Å². The van der Waals surface area contributed by atoms with E-state index in [0.717, 1.165) is 19.4 Å². The van der Waals surface area contributed by atoms with E-state index in [1.165, 1.54) is 0 Å². The maximum Gasteiger partial charge on any atom is 0.222 e. The SMILES string of the molecule is COCC(Br)CNC(=O)CC1CCCO1. The number of carbonyl (C=O) groups excluding carboxylic acids is 1. The molecule has 0 aromatic heterocycles. The number of alkyl halides is 1. The number of carbonyl (C=O) groups is 1. The van der Waals surface area contributed by atoms with Crippen LogP contribution in [0.1, 0.15) is 19.3 Å². The fraction of sp³-hybridized carbons (Fsp3) is 0.900. The van der Waals surface area contributed by atoms with E-state index in [2.05, 4.69) is 21.2 Å². The second-order valence-electron chi connectivity index (χ2n) is 3.70. The second-order valence-corrected chi connectivity index (χ2v) is 4.99. The first kappa shape index (κ1) is 12.9. The first-order valence-corrected chi connectivity index (χ1v) is 6.15. The minimum Gasteiger partial charge on any atom is -0.383 e. The van der Waals surface area contributed by atoms with Crippen molar-refractivity contribution in [1.82, 2.24) is 5.32 Å². The third-order valence-electron chi connectivity index (χ3n) is 2.31. The zero-order chi connectivity index (χ0) is 11.1. The Bertz CT molecular complexity index is 195. The molecule has 5 heteroatoms. The first-order valence-electron chi connectivity index (χ1n) is 5.23. The van der Waals surface area contributed by atoms with E-state index in [1.54, 1.807) is 7.11 Å². The van der Waals surface area contributed by atoms with Gasteiger partial charge >= 0.3 is 0 Å². The number of methoxy groups -OCH3 is 1. The van der Waals surface area contributed by atoms with Gasteiger partial charge in [-0.2, -0.15) is 0 Å². The summed E-state index contributed by atoms with van der Waals surface area (Å²) >= 11 is 3.41. The van der Waals surface area contributed by atoms with Crippen LogP contribution in [0.4, 0.5) is 0 Å². The number of nitrogens with one attached hydrogen (secondary N) is 1. The Kier molecular flexibility index (Phi) is 6.20. The van der Waals surface area contributed by atoms with Crippen LogP contribution in [0.2, 0.25) is 0 Å². The molecule has 0 saturated carbocycles. The van der Waals surface area contributed by atoms with Gasteiger partial charge in [0.15, 0.2) is 0 Å². The smallest absolute Gasteiger partial charge is 0.222 e. The van der Waals surface area contributed by atoms with Crippen molar-refractivity contribution in [3.63, 3.8) is 0 Å². The van der Waals surface area contributed by atoms with E-state index >= 15 is 0 Å². The summed E-state index contributed by atoms with van der Waals surface area (Å²) in [6.45, 7) is 1.99. The fourth-order valence-corrected chi connectivity index (χ4v) is 1.97. The summed E-state index contributed by atoms with van der Waals surface area (Å²) in [6.07, 6.45) is 2.68. The van der Waals surface area contributed by atoms with Gasteiger partial charge in [-0.3, -0.25) is 4.79 Å². The number of amides is 1. The molecule has 1 saturated heterocycles. The van der Waals surface area contributed by atoms with Crippen molar-refractivity contribution < 1.29 is 14.3 Å². The number of ether oxygens (including phenoxy) is 2. The Balaban J connectivity index is 2.07. The monoisotopic (exact) mass is 279 g/mol. The van der Waals surface area contributed by atoms with E-state index in [1.807, 2.05) is 0 Å². The molecule has 0 aliphatic carbocycles. The maximum absolute atomic E-state index is 11.5. The average molecular weight is 280 g/mol. The summed E-state index contributed by atoms with van der Waals surface area (Å²) < 4.78 is 10.3. The van der Waals surface area contributed by atoms with Gasteiger partial charge in [0.05, 0.1) is 24.0 Å². The topological polar surface area (TPSA) is 47.6 Å². The van der Waals surface area contributed by atoms with Crippen LogP contribution >= 0.6 is 15.9 Å². The van der Waals surface area contributed by atoms with Gasteiger partial charge in [0, 0.05) is 20.3 Å². The van der Waals surface area contributed by atoms with Crippen molar-refractivity contribution in [3.8, 4) is 0 Å². The molecule has 1 aliphatic rings. The number of hydrogen-bond donors (Lipinski definition) is 1. The maximum atomic E-state index is 11.5. The predicted molar refractivity (Wildman–Crippen MR) is 61.2 cm³/mol. The first-order chi connectivity index (χ1) is 7.22.